The first-order chi connectivity index (χ1) is 7.79. The van der Waals surface area contributed by atoms with Gasteiger partial charge < -0.3 is 0 Å². The van der Waals surface area contributed by atoms with Gasteiger partial charge in [0.1, 0.15) is 0 Å². The van der Waals surface area contributed by atoms with E-state index in [0.29, 0.717) is 0 Å². The van der Waals surface area contributed by atoms with E-state index in [1.54, 1.807) is 7.37 Å². The summed E-state index contributed by atoms with van der Waals surface area (Å²) in [5, 5.41) is 8.08. The average molecular weight is 450 g/mol. The Labute approximate surface area is 127 Å². The fourth-order valence-corrected chi connectivity index (χ4v) is 1.47. The Morgan fingerprint density at radius 3 is 1.83 bits per heavy atom. The first-order valence-electron chi connectivity index (χ1n) is 6.11. The zero-order valence-electron chi connectivity index (χ0n) is 12.3. The van der Waals surface area contributed by atoms with Gasteiger partial charge in [-0.3, -0.25) is 0 Å². The van der Waals surface area contributed by atoms with Crippen LogP contribution in [0.25, 0.3) is 0 Å². The van der Waals surface area contributed by atoms with Crippen molar-refractivity contribution in [2.24, 2.45) is 0 Å². The second kappa shape index (κ2) is 5.00. The molecule has 1 unspecified atom stereocenters. The van der Waals surface area contributed by atoms with E-state index in [1.807, 2.05) is 48.5 Å². The van der Waals surface area contributed by atoms with Crippen LogP contribution in [0.4, 0.5) is 0 Å². The molecule has 2 radical (unpaired) electrons. The third-order valence-corrected chi connectivity index (χ3v) is 5.81. The molecule has 102 valence electrons. The Morgan fingerprint density at radius 1 is 1.11 bits per heavy atom. The Hall–Kier alpha value is 0.866. The molecule has 0 aliphatic carbocycles. The van der Waals surface area contributed by atoms with Crippen molar-refractivity contribution in [3.8, 4) is 0 Å². The molecular weight excluding hydrogens is 427 g/mol. The van der Waals surface area contributed by atoms with Gasteiger partial charge in [0.15, 0.2) is 0 Å². The van der Waals surface area contributed by atoms with Crippen LogP contribution >= 0.6 is 0 Å². The van der Waals surface area contributed by atoms with Gasteiger partial charge >= 0.3 is 127 Å². The molecular formula is C11H23B2O4Po+. The topological polar surface area (TPSA) is 50.6 Å². The number of hydrogen-bond acceptors (Lipinski definition) is 3. The van der Waals surface area contributed by atoms with Gasteiger partial charge in [-0.25, -0.2) is 0 Å². The van der Waals surface area contributed by atoms with Crippen LogP contribution in [0.1, 0.15) is 48.5 Å². The van der Waals surface area contributed by atoms with Crippen molar-refractivity contribution >= 4 is 39.4 Å². The molecule has 1 atom stereocenters. The van der Waals surface area contributed by atoms with Crippen LogP contribution in [0.2, 0.25) is 0 Å². The Morgan fingerprint density at radius 2 is 1.50 bits per heavy atom. The van der Waals surface area contributed by atoms with Crippen molar-refractivity contribution in [3.05, 3.63) is 0 Å². The summed E-state index contributed by atoms with van der Waals surface area (Å²) in [4.78, 5) is 0. The van der Waals surface area contributed by atoms with E-state index in [1.165, 1.54) is 25.1 Å². The van der Waals surface area contributed by atoms with E-state index in [4.69, 9.17) is 19.1 Å². The monoisotopic (exact) mass is 450 g/mol. The molecule has 4 nitrogen and oxygen atoms in total. The van der Waals surface area contributed by atoms with Gasteiger partial charge in [0.25, 0.3) is 0 Å². The normalized spacial score (nSPS) is 25.9. The fourth-order valence-electron chi connectivity index (χ4n) is 1.28. The first kappa shape index (κ1) is 16.9. The van der Waals surface area contributed by atoms with Crippen molar-refractivity contribution in [1.29, 1.82) is 0 Å². The van der Waals surface area contributed by atoms with Crippen LogP contribution in [0.15, 0.2) is 0 Å². The Bertz CT molecular complexity index is 297. The molecule has 18 heavy (non-hydrogen) atoms. The maximum atomic E-state index is 8.08. The molecule has 1 aliphatic heterocycles. The summed E-state index contributed by atoms with van der Waals surface area (Å²) >= 11 is 1.17. The molecule has 1 heterocycles. The van der Waals surface area contributed by atoms with Crippen LogP contribution in [0.3, 0.4) is 0 Å². The summed E-state index contributed by atoms with van der Waals surface area (Å²) in [6, 6.07) is 0. The van der Waals surface area contributed by atoms with E-state index in [-0.39, 0.29) is 11.2 Å². The minimum absolute atomic E-state index is 0.358. The summed E-state index contributed by atoms with van der Waals surface area (Å²) in [5.74, 6) is 0. The first-order valence-corrected chi connectivity index (χ1v) is 7.69. The standard InChI is InChI=1S/C11H23B2O4.Po/c1-8(14)9(2,3)15-12-13-16-10(4,5)11(6,7)17-13;/h14H2,1-7H3;/q+1;. The van der Waals surface area contributed by atoms with Gasteiger partial charge in [0.05, 0.1) is 0 Å². The summed E-state index contributed by atoms with van der Waals surface area (Å²) in [7, 11) is 1.10. The molecule has 0 amide bonds. The molecule has 0 saturated carbocycles. The third-order valence-electron chi connectivity index (χ3n) is 3.89. The van der Waals surface area contributed by atoms with Crippen molar-refractivity contribution in [2.75, 3.05) is 0 Å². The molecule has 1 aliphatic rings. The van der Waals surface area contributed by atoms with Gasteiger partial charge in [0, 0.05) is 0 Å². The molecule has 1 rings (SSSR count). The zero-order chi connectivity index (χ0) is 14.4. The molecule has 0 aromatic rings. The van der Waals surface area contributed by atoms with Crippen LogP contribution in [-0.2, 0) is 14.0 Å². The van der Waals surface area contributed by atoms with Crippen LogP contribution < -0.4 is 0 Å². The fraction of sp³-hybridized carbons (Fsp3) is 1.00. The van der Waals surface area contributed by atoms with E-state index >= 15 is 0 Å². The zero-order valence-corrected chi connectivity index (χ0v) is 15.5. The van der Waals surface area contributed by atoms with Crippen molar-refractivity contribution < 1.29 is 19.1 Å². The molecule has 0 spiro atoms. The quantitative estimate of drug-likeness (QED) is 0.466. The third kappa shape index (κ3) is 3.49. The van der Waals surface area contributed by atoms with Gasteiger partial charge in [-0.2, -0.15) is 0 Å². The second-order valence-corrected chi connectivity index (χ2v) is 9.60. The summed E-state index contributed by atoms with van der Waals surface area (Å²) < 4.78 is 16.7. The number of hydrogen-bond donors (Lipinski definition) is 0. The van der Waals surface area contributed by atoms with Crippen LogP contribution in [0, 0.1) is 0 Å². The number of rotatable bonds is 4. The predicted octanol–water partition coefficient (Wildman–Crippen LogP) is 0.599. The van der Waals surface area contributed by atoms with E-state index in [9.17, 15) is 0 Å². The van der Waals surface area contributed by atoms with Crippen LogP contribution in [-0.4, -0.2) is 64.6 Å². The summed E-state index contributed by atoms with van der Waals surface area (Å²) in [5.41, 5.74) is -1.28. The van der Waals surface area contributed by atoms with Crippen molar-refractivity contribution in [3.63, 3.8) is 0 Å². The van der Waals surface area contributed by atoms with Gasteiger partial charge in [-0.1, -0.05) is 0 Å². The Balaban J connectivity index is 2.58. The molecule has 0 aromatic carbocycles. The van der Waals surface area contributed by atoms with Gasteiger partial charge in [-0.05, 0) is 0 Å². The maximum absolute atomic E-state index is 8.08. The van der Waals surface area contributed by atoms with Crippen molar-refractivity contribution in [2.45, 2.75) is 68.5 Å². The molecule has 2 N–H and O–H groups in total. The minimum atomic E-state index is -0.618. The van der Waals surface area contributed by atoms with E-state index in [2.05, 4.69) is 0 Å². The summed E-state index contributed by atoms with van der Waals surface area (Å²) in [6.07, 6.45) is 0. The van der Waals surface area contributed by atoms with Crippen molar-refractivity contribution in [1.82, 2.24) is 0 Å². The predicted molar refractivity (Wildman–Crippen MR) is 74.8 cm³/mol. The second-order valence-electron chi connectivity index (χ2n) is 6.42. The Kier molecular flexibility index (Phi) is 4.70. The molecule has 1 fully saturated rings. The molecule has 1 saturated heterocycles. The SMILES string of the molecule is C[C]([OH2+])([Po])C(C)(C)O[B]B1OC(C)(C)C(C)(C)O1. The summed E-state index contributed by atoms with van der Waals surface area (Å²) in [6.45, 7) is 13.7. The van der Waals surface area contributed by atoms with Gasteiger partial charge in [0.2, 0.25) is 0 Å². The van der Waals surface area contributed by atoms with Gasteiger partial charge in [-0.15, -0.1) is 0 Å². The van der Waals surface area contributed by atoms with Crippen LogP contribution in [0.5, 0.6) is 0 Å². The molecule has 0 bridgehead atoms. The van der Waals surface area contributed by atoms with E-state index < -0.39 is 15.9 Å². The molecule has 7 heteroatoms. The molecule has 0 aromatic heterocycles. The van der Waals surface area contributed by atoms with E-state index in [0.717, 1.165) is 0 Å². The average Bonchev–Trinajstić information content (AvgIpc) is 2.30.